The number of hydrogen-bond donors (Lipinski definition) is 0. The molecule has 0 aliphatic carbocycles. The van der Waals surface area contributed by atoms with Gasteiger partial charge in [-0.25, -0.2) is 14.8 Å². The molecule has 1 amide bonds. The van der Waals surface area contributed by atoms with Crippen molar-refractivity contribution in [1.82, 2.24) is 14.9 Å². The summed E-state index contributed by atoms with van der Waals surface area (Å²) < 4.78 is 18.2. The molecule has 0 saturated carbocycles. The molecule has 1 fully saturated rings. The number of halogens is 1. The predicted molar refractivity (Wildman–Crippen MR) is 102 cm³/mol. The maximum atomic E-state index is 12.8. The molecule has 2 heterocycles. The zero-order valence-electron chi connectivity index (χ0n) is 15.1. The van der Waals surface area contributed by atoms with Crippen LogP contribution in [0.2, 0.25) is 5.15 Å². The minimum atomic E-state index is -1.37. The Bertz CT molecular complexity index is 853. The van der Waals surface area contributed by atoms with Gasteiger partial charge in [-0.3, -0.25) is 4.21 Å². The lowest BCUT2D eigenvalue weighted by molar-refractivity contribution is 0.0289. The molecule has 0 bridgehead atoms. The Morgan fingerprint density at radius 2 is 1.96 bits per heavy atom. The number of hydrogen-bond acceptors (Lipinski definition) is 5. The summed E-state index contributed by atoms with van der Waals surface area (Å²) in [6, 6.07) is 7.34. The Hall–Kier alpha value is -1.73. The molecule has 8 heteroatoms. The van der Waals surface area contributed by atoms with E-state index in [4.69, 9.17) is 16.3 Å². The first kappa shape index (κ1) is 19.0. The number of aromatic nitrogens is 2. The van der Waals surface area contributed by atoms with Crippen molar-refractivity contribution in [2.24, 2.45) is 5.92 Å². The van der Waals surface area contributed by atoms with Crippen molar-refractivity contribution < 1.29 is 13.7 Å². The molecule has 1 aromatic carbocycles. The van der Waals surface area contributed by atoms with Gasteiger partial charge in [-0.2, -0.15) is 0 Å². The summed E-state index contributed by atoms with van der Waals surface area (Å²) in [4.78, 5) is 22.5. The molecule has 1 aliphatic heterocycles. The van der Waals surface area contributed by atoms with Crippen LogP contribution in [0.15, 0.2) is 29.3 Å². The first-order valence-electron chi connectivity index (χ1n) is 8.51. The Kier molecular flexibility index (Phi) is 5.48. The second kappa shape index (κ2) is 7.48. The average Bonchev–Trinajstić information content (AvgIpc) is 3.01. The normalized spacial score (nSPS) is 18.9. The molecule has 0 spiro atoms. The lowest BCUT2D eigenvalue weighted by Crippen LogP contribution is -2.35. The van der Waals surface area contributed by atoms with Crippen LogP contribution in [0.5, 0.6) is 0 Å². The maximum absolute atomic E-state index is 12.8. The van der Waals surface area contributed by atoms with Crippen LogP contribution in [-0.4, -0.2) is 49.6 Å². The van der Waals surface area contributed by atoms with Crippen molar-refractivity contribution in [3.63, 3.8) is 0 Å². The van der Waals surface area contributed by atoms with E-state index < -0.39 is 16.4 Å². The van der Waals surface area contributed by atoms with E-state index in [0.717, 1.165) is 6.42 Å². The minimum Gasteiger partial charge on any atom is -0.444 e. The van der Waals surface area contributed by atoms with Crippen molar-refractivity contribution >= 4 is 39.5 Å². The van der Waals surface area contributed by atoms with Gasteiger partial charge < -0.3 is 9.64 Å². The van der Waals surface area contributed by atoms with Gasteiger partial charge in [0.2, 0.25) is 0 Å². The third-order valence-electron chi connectivity index (χ3n) is 4.04. The van der Waals surface area contributed by atoms with Gasteiger partial charge in [-0.1, -0.05) is 23.7 Å². The Balaban J connectivity index is 1.66. The van der Waals surface area contributed by atoms with Crippen molar-refractivity contribution in [2.75, 3.05) is 18.8 Å². The van der Waals surface area contributed by atoms with Crippen LogP contribution in [0.3, 0.4) is 0 Å². The fourth-order valence-corrected chi connectivity index (χ4v) is 4.54. The zero-order chi connectivity index (χ0) is 18.9. The number of para-hydroxylation sites is 2. The van der Waals surface area contributed by atoms with Gasteiger partial charge >= 0.3 is 6.09 Å². The Morgan fingerprint density at radius 3 is 2.62 bits per heavy atom. The zero-order valence-corrected chi connectivity index (χ0v) is 16.6. The largest absolute Gasteiger partial charge is 0.444 e. The summed E-state index contributed by atoms with van der Waals surface area (Å²) in [6.45, 7) is 6.66. The standard InChI is InChI=1S/C18H22ClN3O3S/c1-18(2,3)25-17(23)22-9-8-12(10-22)11-26(24)16-15(19)20-13-6-4-5-7-14(13)21-16/h4-7,12H,8-11H2,1-3H3/t12-,26-/m0/s1. The number of nitrogens with zero attached hydrogens (tertiary/aromatic N) is 3. The molecule has 6 nitrogen and oxygen atoms in total. The molecule has 0 radical (unpaired) electrons. The lowest BCUT2D eigenvalue weighted by Gasteiger charge is -2.24. The van der Waals surface area contributed by atoms with Gasteiger partial charge in [0.25, 0.3) is 0 Å². The number of rotatable bonds is 3. The van der Waals surface area contributed by atoms with Gasteiger partial charge in [0.05, 0.1) is 21.8 Å². The molecule has 1 aliphatic rings. The molecular weight excluding hydrogens is 374 g/mol. The highest BCUT2D eigenvalue weighted by Gasteiger charge is 2.31. The summed E-state index contributed by atoms with van der Waals surface area (Å²) in [7, 11) is -1.37. The lowest BCUT2D eigenvalue weighted by atomic mass is 10.2. The number of carbonyl (C=O) groups is 1. The summed E-state index contributed by atoms with van der Waals surface area (Å²) in [5, 5.41) is 0.477. The SMILES string of the molecule is CC(C)(C)OC(=O)N1CC[C@H](C[S@](=O)c2nc3ccccc3nc2Cl)C1. The fourth-order valence-electron chi connectivity index (χ4n) is 2.86. The Labute approximate surface area is 160 Å². The Morgan fingerprint density at radius 1 is 1.31 bits per heavy atom. The van der Waals surface area contributed by atoms with Crippen LogP contribution >= 0.6 is 11.6 Å². The first-order valence-corrected chi connectivity index (χ1v) is 10.2. The van der Waals surface area contributed by atoms with Crippen LogP contribution < -0.4 is 0 Å². The van der Waals surface area contributed by atoms with Crippen molar-refractivity contribution in [2.45, 2.75) is 37.8 Å². The van der Waals surface area contributed by atoms with Crippen molar-refractivity contribution in [1.29, 1.82) is 0 Å². The predicted octanol–water partition coefficient (Wildman–Crippen LogP) is 3.65. The quantitative estimate of drug-likeness (QED) is 0.793. The van der Waals surface area contributed by atoms with E-state index in [1.807, 2.05) is 45.0 Å². The van der Waals surface area contributed by atoms with Crippen molar-refractivity contribution in [3.05, 3.63) is 29.4 Å². The van der Waals surface area contributed by atoms with Crippen LogP contribution in [0.4, 0.5) is 4.79 Å². The average molecular weight is 396 g/mol. The number of fused-ring (bicyclic) bond motifs is 1. The highest BCUT2D eigenvalue weighted by atomic mass is 35.5. The summed E-state index contributed by atoms with van der Waals surface area (Å²) >= 11 is 6.18. The number of benzene rings is 1. The second-order valence-electron chi connectivity index (χ2n) is 7.40. The van der Waals surface area contributed by atoms with Crippen LogP contribution in [0.1, 0.15) is 27.2 Å². The molecule has 140 valence electrons. The molecular formula is C18H22ClN3O3S. The molecule has 1 saturated heterocycles. The summed E-state index contributed by atoms with van der Waals surface area (Å²) in [5.74, 6) is 0.513. The van der Waals surface area contributed by atoms with Gasteiger partial charge in [0.1, 0.15) is 5.60 Å². The van der Waals surface area contributed by atoms with Gasteiger partial charge in [-0.15, -0.1) is 0 Å². The number of ether oxygens (including phenoxy) is 1. The molecule has 0 N–H and O–H groups in total. The maximum Gasteiger partial charge on any atom is 0.410 e. The molecule has 26 heavy (non-hydrogen) atoms. The highest BCUT2D eigenvalue weighted by molar-refractivity contribution is 7.85. The van der Waals surface area contributed by atoms with E-state index in [2.05, 4.69) is 9.97 Å². The summed E-state index contributed by atoms with van der Waals surface area (Å²) in [6.07, 6.45) is 0.457. The molecule has 1 aromatic heterocycles. The van der Waals surface area contributed by atoms with E-state index in [9.17, 15) is 9.00 Å². The third-order valence-corrected chi connectivity index (χ3v) is 5.90. The van der Waals surface area contributed by atoms with E-state index in [1.54, 1.807) is 4.90 Å². The monoisotopic (exact) mass is 395 g/mol. The van der Waals surface area contributed by atoms with E-state index >= 15 is 0 Å². The van der Waals surface area contributed by atoms with E-state index in [-0.39, 0.29) is 17.2 Å². The topological polar surface area (TPSA) is 72.4 Å². The van der Waals surface area contributed by atoms with Crippen molar-refractivity contribution in [3.8, 4) is 0 Å². The molecule has 0 unspecified atom stereocenters. The summed E-state index contributed by atoms with van der Waals surface area (Å²) in [5.41, 5.74) is 0.823. The van der Waals surface area contributed by atoms with E-state index in [0.29, 0.717) is 34.9 Å². The molecule has 2 atom stereocenters. The molecule has 3 rings (SSSR count). The fraction of sp³-hybridized carbons (Fsp3) is 0.500. The third kappa shape index (κ3) is 4.51. The second-order valence-corrected chi connectivity index (χ2v) is 9.17. The van der Waals surface area contributed by atoms with Crippen LogP contribution in [-0.2, 0) is 15.5 Å². The molecule has 2 aromatic rings. The van der Waals surface area contributed by atoms with Crippen LogP contribution in [0.25, 0.3) is 11.0 Å². The highest BCUT2D eigenvalue weighted by Crippen LogP contribution is 2.25. The van der Waals surface area contributed by atoms with Gasteiger partial charge in [0, 0.05) is 18.8 Å². The number of likely N-dealkylation sites (tertiary alicyclic amines) is 1. The minimum absolute atomic E-state index is 0.118. The number of carbonyl (C=O) groups excluding carboxylic acids is 1. The van der Waals surface area contributed by atoms with Gasteiger partial charge in [0.15, 0.2) is 10.2 Å². The smallest absolute Gasteiger partial charge is 0.410 e. The van der Waals surface area contributed by atoms with Gasteiger partial charge in [-0.05, 0) is 45.2 Å². The van der Waals surface area contributed by atoms with Crippen LogP contribution in [0, 0.1) is 5.92 Å². The number of amides is 1. The van der Waals surface area contributed by atoms with E-state index in [1.165, 1.54) is 0 Å². The first-order chi connectivity index (χ1) is 12.2.